The Labute approximate surface area is 143 Å². The fraction of sp³-hybridized carbons (Fsp3) is 0.556. The summed E-state index contributed by atoms with van der Waals surface area (Å²) >= 11 is 0. The fourth-order valence-electron chi connectivity index (χ4n) is 3.50. The predicted molar refractivity (Wildman–Crippen MR) is 92.7 cm³/mol. The maximum atomic E-state index is 12.2. The summed E-state index contributed by atoms with van der Waals surface area (Å²) in [5, 5.41) is 0. The minimum Gasteiger partial charge on any atom is -0.492 e. The highest BCUT2D eigenvalue weighted by Gasteiger charge is 2.41. The van der Waals surface area contributed by atoms with Crippen LogP contribution in [0.2, 0.25) is 0 Å². The van der Waals surface area contributed by atoms with Crippen molar-refractivity contribution in [1.29, 1.82) is 0 Å². The number of rotatable bonds is 3. The van der Waals surface area contributed by atoms with Crippen LogP contribution in [0.5, 0.6) is 5.75 Å². The van der Waals surface area contributed by atoms with Crippen molar-refractivity contribution in [3.8, 4) is 5.75 Å². The zero-order valence-corrected chi connectivity index (χ0v) is 15.8. The molecule has 0 atom stereocenters. The molecule has 0 saturated carbocycles. The molecule has 0 radical (unpaired) electrons. The van der Waals surface area contributed by atoms with Gasteiger partial charge < -0.3 is 9.26 Å². The number of phosphoric ester groups is 1. The molecule has 0 spiro atoms. The van der Waals surface area contributed by atoms with Gasteiger partial charge in [0.25, 0.3) is 0 Å². The van der Waals surface area contributed by atoms with Crippen LogP contribution in [0, 0.1) is 10.8 Å². The maximum absolute atomic E-state index is 12.2. The molecule has 1 aromatic carbocycles. The second-order valence-electron chi connectivity index (χ2n) is 7.86. The van der Waals surface area contributed by atoms with Gasteiger partial charge in [-0.15, -0.1) is 0 Å². The largest absolute Gasteiger partial charge is 0.530 e. The molecule has 2 heterocycles. The van der Waals surface area contributed by atoms with Crippen molar-refractivity contribution in [2.45, 2.75) is 34.6 Å². The van der Waals surface area contributed by atoms with Gasteiger partial charge in [-0.3, -0.25) is 9.05 Å². The molecule has 1 aromatic rings. The molecule has 0 amide bonds. The molecule has 2 aliphatic rings. The average molecular weight is 352 g/mol. The van der Waals surface area contributed by atoms with Gasteiger partial charge in [0.1, 0.15) is 11.5 Å². The first kappa shape index (κ1) is 17.5. The van der Waals surface area contributed by atoms with E-state index in [9.17, 15) is 4.57 Å². The zero-order valence-electron chi connectivity index (χ0n) is 14.9. The Balaban J connectivity index is 1.97. The highest BCUT2D eigenvalue weighted by Crippen LogP contribution is 2.53. The summed E-state index contributed by atoms with van der Waals surface area (Å²) in [5.41, 5.74) is 2.13. The smallest absolute Gasteiger partial charge is 0.492 e. The van der Waals surface area contributed by atoms with Crippen molar-refractivity contribution in [2.75, 3.05) is 19.8 Å². The molecule has 5 nitrogen and oxygen atoms in total. The lowest BCUT2D eigenvalue weighted by Gasteiger charge is -2.30. The van der Waals surface area contributed by atoms with Crippen molar-refractivity contribution >= 4 is 13.6 Å². The van der Waals surface area contributed by atoms with Crippen LogP contribution in [0.4, 0.5) is 0 Å². The van der Waals surface area contributed by atoms with E-state index in [1.54, 1.807) is 6.07 Å². The summed E-state index contributed by atoms with van der Waals surface area (Å²) in [6.45, 7) is 12.2. The van der Waals surface area contributed by atoms with Crippen LogP contribution >= 0.6 is 7.82 Å². The van der Waals surface area contributed by atoms with Crippen LogP contribution in [0.15, 0.2) is 29.8 Å². The first-order valence-corrected chi connectivity index (χ1v) is 9.64. The van der Waals surface area contributed by atoms with Crippen molar-refractivity contribution < 1.29 is 22.9 Å². The Bertz CT molecular complexity index is 704. The van der Waals surface area contributed by atoms with Crippen LogP contribution in [0.1, 0.15) is 40.2 Å². The van der Waals surface area contributed by atoms with E-state index < -0.39 is 7.82 Å². The standard InChI is InChI=1S/C18H25O5P/c1-17(2,3)16-15(20-12-18(16,4)5)13-7-6-8-14(11-13)23-24(19)21-9-10-22-24/h6-8,11H,9-10,12H2,1-5H3. The Morgan fingerprint density at radius 3 is 2.46 bits per heavy atom. The van der Waals surface area contributed by atoms with Gasteiger partial charge in [0.2, 0.25) is 0 Å². The lowest BCUT2D eigenvalue weighted by atomic mass is 9.71. The van der Waals surface area contributed by atoms with Gasteiger partial charge in [-0.1, -0.05) is 46.8 Å². The molecule has 0 unspecified atom stereocenters. The Morgan fingerprint density at radius 1 is 1.17 bits per heavy atom. The van der Waals surface area contributed by atoms with Crippen molar-refractivity contribution in [3.63, 3.8) is 0 Å². The van der Waals surface area contributed by atoms with E-state index in [4.69, 9.17) is 18.3 Å². The van der Waals surface area contributed by atoms with Gasteiger partial charge in [0, 0.05) is 11.0 Å². The van der Waals surface area contributed by atoms with Gasteiger partial charge >= 0.3 is 7.82 Å². The number of benzene rings is 1. The van der Waals surface area contributed by atoms with E-state index in [1.165, 1.54) is 5.57 Å². The summed E-state index contributed by atoms with van der Waals surface area (Å²) in [6.07, 6.45) is 0. The van der Waals surface area contributed by atoms with E-state index in [0.717, 1.165) is 11.3 Å². The molecule has 132 valence electrons. The minimum atomic E-state index is -3.47. The summed E-state index contributed by atoms with van der Waals surface area (Å²) < 4.78 is 33.9. The van der Waals surface area contributed by atoms with Gasteiger partial charge in [0.05, 0.1) is 19.8 Å². The van der Waals surface area contributed by atoms with Crippen molar-refractivity contribution in [2.24, 2.45) is 10.8 Å². The normalized spacial score (nSPS) is 22.5. The van der Waals surface area contributed by atoms with Crippen LogP contribution in [0.25, 0.3) is 5.76 Å². The Kier molecular flexibility index (Phi) is 4.31. The van der Waals surface area contributed by atoms with Gasteiger partial charge in [-0.2, -0.15) is 0 Å². The van der Waals surface area contributed by atoms with Gasteiger partial charge in [-0.25, -0.2) is 4.57 Å². The lowest BCUT2D eigenvalue weighted by molar-refractivity contribution is 0.213. The van der Waals surface area contributed by atoms with E-state index in [0.29, 0.717) is 12.4 Å². The summed E-state index contributed by atoms with van der Waals surface area (Å²) in [5.74, 6) is 1.33. The molecule has 1 saturated heterocycles. The molecule has 1 fully saturated rings. The van der Waals surface area contributed by atoms with Crippen LogP contribution in [-0.4, -0.2) is 19.8 Å². The third-order valence-electron chi connectivity index (χ3n) is 4.13. The van der Waals surface area contributed by atoms with E-state index in [1.807, 2.05) is 18.2 Å². The molecule has 2 aliphatic heterocycles. The summed E-state index contributed by atoms with van der Waals surface area (Å²) in [4.78, 5) is 0. The zero-order chi connectivity index (χ0) is 17.6. The quantitative estimate of drug-likeness (QED) is 0.714. The van der Waals surface area contributed by atoms with Gasteiger partial charge in [-0.05, 0) is 23.1 Å². The Hall–Kier alpha value is -1.29. The number of ether oxygens (including phenoxy) is 1. The highest BCUT2D eigenvalue weighted by molar-refractivity contribution is 7.49. The number of hydrogen-bond acceptors (Lipinski definition) is 5. The molecule has 0 aromatic heterocycles. The van der Waals surface area contributed by atoms with E-state index >= 15 is 0 Å². The molecular weight excluding hydrogens is 327 g/mol. The number of phosphoric acid groups is 1. The summed E-state index contributed by atoms with van der Waals surface area (Å²) in [7, 11) is -3.47. The topological polar surface area (TPSA) is 54.0 Å². The third-order valence-corrected chi connectivity index (χ3v) is 5.56. The second kappa shape index (κ2) is 5.91. The van der Waals surface area contributed by atoms with Crippen LogP contribution in [-0.2, 0) is 18.3 Å². The second-order valence-corrected chi connectivity index (χ2v) is 9.45. The SMILES string of the molecule is CC(C)(C)C1=C(c2cccc(OP3(=O)OCCO3)c2)OCC1(C)C. The van der Waals surface area contributed by atoms with E-state index in [-0.39, 0.29) is 24.0 Å². The number of hydrogen-bond donors (Lipinski definition) is 0. The van der Waals surface area contributed by atoms with Crippen LogP contribution < -0.4 is 4.52 Å². The average Bonchev–Trinajstić information content (AvgIpc) is 3.01. The van der Waals surface area contributed by atoms with Crippen molar-refractivity contribution in [1.82, 2.24) is 0 Å². The molecule has 6 heteroatoms. The van der Waals surface area contributed by atoms with Crippen molar-refractivity contribution in [3.05, 3.63) is 35.4 Å². The molecule has 24 heavy (non-hydrogen) atoms. The van der Waals surface area contributed by atoms with Gasteiger partial charge in [0.15, 0.2) is 0 Å². The highest BCUT2D eigenvalue weighted by atomic mass is 31.2. The lowest BCUT2D eigenvalue weighted by Crippen LogP contribution is -2.24. The fourth-order valence-corrected chi connectivity index (χ4v) is 4.65. The first-order valence-electron chi connectivity index (χ1n) is 8.18. The Morgan fingerprint density at radius 2 is 1.83 bits per heavy atom. The molecule has 0 N–H and O–H groups in total. The third kappa shape index (κ3) is 3.39. The first-order chi connectivity index (χ1) is 11.1. The monoisotopic (exact) mass is 352 g/mol. The molecule has 0 aliphatic carbocycles. The summed E-state index contributed by atoms with van der Waals surface area (Å²) in [6, 6.07) is 7.40. The maximum Gasteiger partial charge on any atom is 0.530 e. The van der Waals surface area contributed by atoms with Crippen LogP contribution in [0.3, 0.4) is 0 Å². The molecule has 0 bridgehead atoms. The molecular formula is C18H25O5P. The minimum absolute atomic E-state index is 0.0172. The van der Waals surface area contributed by atoms with E-state index in [2.05, 4.69) is 34.6 Å². The molecule has 3 rings (SSSR count). The predicted octanol–water partition coefficient (Wildman–Crippen LogP) is 5.03.